The molecule has 2 rings (SSSR count). The Morgan fingerprint density at radius 1 is 1.36 bits per heavy atom. The standard InChI is InChI=1S/C11H22O2Si/c1-9(2)13-14(3,4)11-8-6-5-7-10(11)12-11/h9-10H,5-8H2,1-4H3. The van der Waals surface area contributed by atoms with Crippen LogP contribution in [0.25, 0.3) is 0 Å². The Labute approximate surface area is 88.1 Å². The van der Waals surface area contributed by atoms with Gasteiger partial charge in [0.15, 0.2) is 0 Å². The van der Waals surface area contributed by atoms with Crippen LogP contribution in [0.2, 0.25) is 13.1 Å². The minimum atomic E-state index is -1.64. The van der Waals surface area contributed by atoms with E-state index in [2.05, 4.69) is 26.9 Å². The monoisotopic (exact) mass is 214 g/mol. The fraction of sp³-hybridized carbons (Fsp3) is 1.00. The van der Waals surface area contributed by atoms with E-state index in [1.807, 2.05) is 0 Å². The van der Waals surface area contributed by atoms with Crippen LogP contribution in [-0.2, 0) is 9.16 Å². The molecule has 0 N–H and O–H groups in total. The Balaban J connectivity index is 2.06. The van der Waals surface area contributed by atoms with Crippen LogP contribution >= 0.6 is 0 Å². The van der Waals surface area contributed by atoms with Crippen LogP contribution in [0, 0.1) is 0 Å². The minimum absolute atomic E-state index is 0.190. The summed E-state index contributed by atoms with van der Waals surface area (Å²) >= 11 is 0. The van der Waals surface area contributed by atoms with E-state index >= 15 is 0 Å². The Hall–Kier alpha value is 0.137. The van der Waals surface area contributed by atoms with Gasteiger partial charge in [0.05, 0.1) is 6.10 Å². The highest BCUT2D eigenvalue weighted by atomic mass is 28.4. The minimum Gasteiger partial charge on any atom is -0.412 e. The molecular formula is C11H22O2Si. The molecule has 0 aromatic rings. The molecule has 1 aliphatic heterocycles. The molecule has 3 heteroatoms. The fourth-order valence-corrected chi connectivity index (χ4v) is 6.47. The van der Waals surface area contributed by atoms with Gasteiger partial charge in [-0.15, -0.1) is 0 Å². The van der Waals surface area contributed by atoms with Gasteiger partial charge in [-0.05, 0) is 39.8 Å². The summed E-state index contributed by atoms with van der Waals surface area (Å²) in [4.78, 5) is 0. The first-order valence-corrected chi connectivity index (χ1v) is 8.74. The third kappa shape index (κ3) is 1.55. The average molecular weight is 214 g/mol. The smallest absolute Gasteiger partial charge is 0.221 e. The third-order valence-corrected chi connectivity index (χ3v) is 7.42. The van der Waals surface area contributed by atoms with Crippen LogP contribution in [-0.4, -0.2) is 25.7 Å². The van der Waals surface area contributed by atoms with Crippen molar-refractivity contribution >= 4 is 8.32 Å². The molecule has 2 nitrogen and oxygen atoms in total. The molecule has 2 fully saturated rings. The van der Waals surface area contributed by atoms with Gasteiger partial charge in [0, 0.05) is 6.10 Å². The molecular weight excluding hydrogens is 192 g/mol. The van der Waals surface area contributed by atoms with Crippen molar-refractivity contribution in [3.05, 3.63) is 0 Å². The SMILES string of the molecule is CC(C)O[Si](C)(C)C12CCCCC1O2. The van der Waals surface area contributed by atoms with Crippen LogP contribution in [0.5, 0.6) is 0 Å². The molecule has 0 spiro atoms. The molecule has 0 radical (unpaired) electrons. The van der Waals surface area contributed by atoms with Crippen LogP contribution in [0.4, 0.5) is 0 Å². The van der Waals surface area contributed by atoms with Gasteiger partial charge >= 0.3 is 0 Å². The van der Waals surface area contributed by atoms with Gasteiger partial charge in [0.2, 0.25) is 8.32 Å². The maximum atomic E-state index is 6.14. The van der Waals surface area contributed by atoms with Crippen molar-refractivity contribution in [2.45, 2.75) is 70.1 Å². The van der Waals surface area contributed by atoms with Crippen molar-refractivity contribution < 1.29 is 9.16 Å². The summed E-state index contributed by atoms with van der Waals surface area (Å²) in [5.41, 5.74) is 0. The van der Waals surface area contributed by atoms with E-state index in [1.165, 1.54) is 25.7 Å². The van der Waals surface area contributed by atoms with Gasteiger partial charge in [-0.25, -0.2) is 0 Å². The number of fused-ring (bicyclic) bond motifs is 1. The van der Waals surface area contributed by atoms with E-state index in [-0.39, 0.29) is 5.22 Å². The molecule has 0 aromatic heterocycles. The van der Waals surface area contributed by atoms with E-state index in [4.69, 9.17) is 9.16 Å². The highest BCUT2D eigenvalue weighted by Crippen LogP contribution is 2.53. The molecule has 1 heterocycles. The van der Waals surface area contributed by atoms with E-state index in [1.54, 1.807) is 0 Å². The van der Waals surface area contributed by atoms with E-state index in [0.29, 0.717) is 12.2 Å². The molecule has 0 aromatic carbocycles. The Kier molecular flexibility index (Phi) is 2.53. The summed E-state index contributed by atoms with van der Waals surface area (Å²) in [7, 11) is -1.64. The lowest BCUT2D eigenvalue weighted by molar-refractivity contribution is 0.201. The van der Waals surface area contributed by atoms with Crippen molar-refractivity contribution in [1.29, 1.82) is 0 Å². The molecule has 2 atom stereocenters. The van der Waals surface area contributed by atoms with Gasteiger partial charge in [-0.3, -0.25) is 0 Å². The normalized spacial score (nSPS) is 37.1. The van der Waals surface area contributed by atoms with Crippen LogP contribution in [0.15, 0.2) is 0 Å². The van der Waals surface area contributed by atoms with Gasteiger partial charge in [-0.1, -0.05) is 12.8 Å². The zero-order valence-corrected chi connectivity index (χ0v) is 10.8. The largest absolute Gasteiger partial charge is 0.412 e. The topological polar surface area (TPSA) is 21.8 Å². The average Bonchev–Trinajstić information content (AvgIpc) is 2.76. The molecule has 2 unspecified atom stereocenters. The molecule has 0 bridgehead atoms. The summed E-state index contributed by atoms with van der Waals surface area (Å²) in [6.07, 6.45) is 6.06. The summed E-state index contributed by atoms with van der Waals surface area (Å²) in [5, 5.41) is 0.190. The molecule has 82 valence electrons. The van der Waals surface area contributed by atoms with Crippen LogP contribution in [0.3, 0.4) is 0 Å². The maximum Gasteiger partial charge on any atom is 0.221 e. The van der Waals surface area contributed by atoms with Gasteiger partial charge in [0.1, 0.15) is 5.22 Å². The Bertz CT molecular complexity index is 227. The van der Waals surface area contributed by atoms with E-state index in [9.17, 15) is 0 Å². The Morgan fingerprint density at radius 3 is 2.64 bits per heavy atom. The van der Waals surface area contributed by atoms with Gasteiger partial charge < -0.3 is 9.16 Å². The second-order valence-electron chi connectivity index (χ2n) is 5.42. The quantitative estimate of drug-likeness (QED) is 0.532. The predicted molar refractivity (Wildman–Crippen MR) is 59.8 cm³/mol. The summed E-state index contributed by atoms with van der Waals surface area (Å²) in [6.45, 7) is 8.90. The highest BCUT2D eigenvalue weighted by Gasteiger charge is 2.67. The summed E-state index contributed by atoms with van der Waals surface area (Å²) < 4.78 is 12.1. The number of hydrogen-bond donors (Lipinski definition) is 0. The van der Waals surface area contributed by atoms with Crippen molar-refractivity contribution in [2.75, 3.05) is 0 Å². The number of epoxide rings is 1. The maximum absolute atomic E-state index is 6.14. The fourth-order valence-electron chi connectivity index (χ4n) is 2.97. The lowest BCUT2D eigenvalue weighted by Gasteiger charge is -2.33. The third-order valence-electron chi connectivity index (χ3n) is 3.63. The van der Waals surface area contributed by atoms with Gasteiger partial charge in [0.25, 0.3) is 0 Å². The van der Waals surface area contributed by atoms with Crippen molar-refractivity contribution in [1.82, 2.24) is 0 Å². The van der Waals surface area contributed by atoms with Crippen LogP contribution in [0.1, 0.15) is 39.5 Å². The predicted octanol–water partition coefficient (Wildman–Crippen LogP) is 2.87. The van der Waals surface area contributed by atoms with Crippen LogP contribution < -0.4 is 0 Å². The summed E-state index contributed by atoms with van der Waals surface area (Å²) in [6, 6.07) is 0. The van der Waals surface area contributed by atoms with Crippen molar-refractivity contribution in [3.8, 4) is 0 Å². The highest BCUT2D eigenvalue weighted by molar-refractivity contribution is 6.75. The van der Waals surface area contributed by atoms with Crippen molar-refractivity contribution in [3.63, 3.8) is 0 Å². The zero-order chi connectivity index (χ0) is 10.4. The van der Waals surface area contributed by atoms with Crippen molar-refractivity contribution in [2.24, 2.45) is 0 Å². The molecule has 1 saturated carbocycles. The molecule has 1 saturated heterocycles. The van der Waals surface area contributed by atoms with E-state index < -0.39 is 8.32 Å². The molecule has 0 amide bonds. The first kappa shape index (κ1) is 10.6. The van der Waals surface area contributed by atoms with Gasteiger partial charge in [-0.2, -0.15) is 0 Å². The molecule has 14 heavy (non-hydrogen) atoms. The number of ether oxygens (including phenoxy) is 1. The Morgan fingerprint density at radius 2 is 2.07 bits per heavy atom. The summed E-state index contributed by atoms with van der Waals surface area (Å²) in [5.74, 6) is 0. The molecule has 1 aliphatic carbocycles. The first-order valence-electron chi connectivity index (χ1n) is 5.83. The lowest BCUT2D eigenvalue weighted by atomic mass is 10.0. The lowest BCUT2D eigenvalue weighted by Crippen LogP contribution is -2.51. The zero-order valence-electron chi connectivity index (χ0n) is 9.80. The second kappa shape index (κ2) is 3.32. The second-order valence-corrected chi connectivity index (χ2v) is 9.52. The molecule has 2 aliphatic rings. The van der Waals surface area contributed by atoms with E-state index in [0.717, 1.165) is 0 Å². The first-order chi connectivity index (χ1) is 6.48. The number of rotatable bonds is 3. The number of hydrogen-bond acceptors (Lipinski definition) is 2.